The lowest BCUT2D eigenvalue weighted by molar-refractivity contribution is -0.136. The summed E-state index contributed by atoms with van der Waals surface area (Å²) in [5.74, 6) is -0.498. The minimum absolute atomic E-state index is 0.124. The molecule has 3 aliphatic rings. The summed E-state index contributed by atoms with van der Waals surface area (Å²) in [7, 11) is 0. The second kappa shape index (κ2) is 4.81. The molecule has 0 bridgehead atoms. The lowest BCUT2D eigenvalue weighted by Crippen LogP contribution is -2.26. The Bertz CT molecular complexity index is 751. The van der Waals surface area contributed by atoms with E-state index in [-0.39, 0.29) is 24.3 Å². The van der Waals surface area contributed by atoms with E-state index in [0.29, 0.717) is 18.4 Å². The van der Waals surface area contributed by atoms with Gasteiger partial charge in [0.1, 0.15) is 6.61 Å². The van der Waals surface area contributed by atoms with Gasteiger partial charge in [0.05, 0.1) is 11.3 Å². The average molecular weight is 360 g/mol. The summed E-state index contributed by atoms with van der Waals surface area (Å²) < 4.78 is 6.20. The van der Waals surface area contributed by atoms with Crippen LogP contribution in [0.4, 0.5) is 0 Å². The summed E-state index contributed by atoms with van der Waals surface area (Å²) in [6.07, 6.45) is 1.23. The van der Waals surface area contributed by atoms with Crippen molar-refractivity contribution in [2.45, 2.75) is 25.7 Å². The maximum Gasteiger partial charge on any atom is 0.337 e. The number of dihydropyridines is 1. The summed E-state index contributed by atoms with van der Waals surface area (Å²) in [5, 5.41) is 3.25. The Morgan fingerprint density at radius 2 is 2.00 bits per heavy atom. The van der Waals surface area contributed by atoms with Crippen molar-refractivity contribution in [1.82, 2.24) is 5.32 Å². The summed E-state index contributed by atoms with van der Waals surface area (Å²) >= 11 is 3.49. The van der Waals surface area contributed by atoms with E-state index < -0.39 is 0 Å². The molecule has 0 saturated heterocycles. The van der Waals surface area contributed by atoms with Crippen LogP contribution in [0.3, 0.4) is 0 Å². The third-order valence-electron chi connectivity index (χ3n) is 4.51. The van der Waals surface area contributed by atoms with Gasteiger partial charge in [0.15, 0.2) is 5.78 Å². The van der Waals surface area contributed by atoms with Gasteiger partial charge in [-0.2, -0.15) is 0 Å². The van der Waals surface area contributed by atoms with Gasteiger partial charge < -0.3 is 10.1 Å². The van der Waals surface area contributed by atoms with E-state index in [1.54, 1.807) is 0 Å². The Balaban J connectivity index is 1.91. The largest absolute Gasteiger partial charge is 0.456 e. The third-order valence-corrected chi connectivity index (χ3v) is 5.40. The number of ether oxygens (including phenoxy) is 1. The van der Waals surface area contributed by atoms with Crippen LogP contribution in [-0.2, 0) is 14.3 Å². The molecular formula is C17H14BrNO3. The van der Waals surface area contributed by atoms with Crippen molar-refractivity contribution in [2.75, 3.05) is 6.61 Å². The van der Waals surface area contributed by atoms with E-state index in [4.69, 9.17) is 4.74 Å². The maximum atomic E-state index is 12.4. The molecule has 4 nitrogen and oxygen atoms in total. The quantitative estimate of drug-likeness (QED) is 0.783. The fourth-order valence-electron chi connectivity index (χ4n) is 3.46. The highest BCUT2D eigenvalue weighted by Gasteiger charge is 2.43. The van der Waals surface area contributed by atoms with Crippen LogP contribution in [0.2, 0.25) is 0 Å². The summed E-state index contributed by atoms with van der Waals surface area (Å²) in [4.78, 5) is 24.5. The van der Waals surface area contributed by atoms with E-state index in [9.17, 15) is 9.59 Å². The number of hydrogen-bond donors (Lipinski definition) is 1. The second-order valence-corrected chi connectivity index (χ2v) is 6.70. The predicted octanol–water partition coefficient (Wildman–Crippen LogP) is 2.87. The highest BCUT2D eigenvalue weighted by atomic mass is 79.9. The average Bonchev–Trinajstić information content (AvgIpc) is 3.05. The minimum Gasteiger partial charge on any atom is -0.456 e. The van der Waals surface area contributed by atoms with Gasteiger partial charge in [-0.15, -0.1) is 0 Å². The SMILES string of the molecule is Cc1cc(C2C3=C(CCC3=O)NC3=C2C(=O)OC3)ccc1Br. The molecule has 0 spiro atoms. The molecule has 1 aliphatic carbocycles. The van der Waals surface area contributed by atoms with Crippen molar-refractivity contribution in [3.8, 4) is 0 Å². The first-order valence-corrected chi connectivity index (χ1v) is 8.05. The van der Waals surface area contributed by atoms with Crippen LogP contribution in [0.1, 0.15) is 29.9 Å². The molecular weight excluding hydrogens is 346 g/mol. The van der Waals surface area contributed by atoms with Crippen LogP contribution in [0.15, 0.2) is 45.2 Å². The van der Waals surface area contributed by atoms with Gasteiger partial charge in [-0.05, 0) is 30.5 Å². The van der Waals surface area contributed by atoms with Gasteiger partial charge >= 0.3 is 5.97 Å². The maximum absolute atomic E-state index is 12.4. The van der Waals surface area contributed by atoms with Gasteiger partial charge in [0, 0.05) is 28.1 Å². The number of halogens is 1. The number of rotatable bonds is 1. The molecule has 0 aromatic heterocycles. The first-order chi connectivity index (χ1) is 10.6. The van der Waals surface area contributed by atoms with E-state index >= 15 is 0 Å². The van der Waals surface area contributed by atoms with Crippen molar-refractivity contribution < 1.29 is 14.3 Å². The topological polar surface area (TPSA) is 55.4 Å². The van der Waals surface area contributed by atoms with Gasteiger partial charge in [0.2, 0.25) is 0 Å². The molecule has 1 aromatic rings. The van der Waals surface area contributed by atoms with Crippen LogP contribution < -0.4 is 5.32 Å². The van der Waals surface area contributed by atoms with Crippen molar-refractivity contribution in [3.05, 3.63) is 56.3 Å². The van der Waals surface area contributed by atoms with Crippen LogP contribution in [0.5, 0.6) is 0 Å². The zero-order chi connectivity index (χ0) is 15.4. The summed E-state index contributed by atoms with van der Waals surface area (Å²) in [6, 6.07) is 5.97. The fraction of sp³-hybridized carbons (Fsp3) is 0.294. The monoisotopic (exact) mass is 359 g/mol. The highest BCUT2D eigenvalue weighted by molar-refractivity contribution is 9.10. The number of carbonyl (C=O) groups excluding carboxylic acids is 2. The van der Waals surface area contributed by atoms with Crippen LogP contribution in [-0.4, -0.2) is 18.4 Å². The fourth-order valence-corrected chi connectivity index (χ4v) is 3.71. The lowest BCUT2D eigenvalue weighted by atomic mass is 9.80. The van der Waals surface area contributed by atoms with Crippen LogP contribution in [0.25, 0.3) is 0 Å². The zero-order valence-electron chi connectivity index (χ0n) is 12.0. The van der Waals surface area contributed by atoms with Crippen molar-refractivity contribution in [1.29, 1.82) is 0 Å². The standard InChI is InChI=1S/C17H14BrNO3/c1-8-6-9(2-3-10(8)18)14-15-11(4-5-13(15)20)19-12-7-22-17(21)16(12)14/h2-3,6,14,19H,4-5,7H2,1H3. The predicted molar refractivity (Wildman–Crippen MR) is 84.0 cm³/mol. The number of hydrogen-bond acceptors (Lipinski definition) is 4. The second-order valence-electron chi connectivity index (χ2n) is 5.85. The Labute approximate surface area is 136 Å². The van der Waals surface area contributed by atoms with E-state index in [1.165, 1.54) is 0 Å². The molecule has 112 valence electrons. The van der Waals surface area contributed by atoms with Crippen LogP contribution in [0, 0.1) is 6.92 Å². The molecule has 1 aromatic carbocycles. The van der Waals surface area contributed by atoms with Crippen molar-refractivity contribution in [3.63, 3.8) is 0 Å². The Kier molecular flexibility index (Phi) is 3.01. The van der Waals surface area contributed by atoms with Crippen molar-refractivity contribution >= 4 is 27.7 Å². The molecule has 0 radical (unpaired) electrons. The number of aryl methyl sites for hydroxylation is 1. The molecule has 22 heavy (non-hydrogen) atoms. The van der Waals surface area contributed by atoms with Gasteiger partial charge in [0.25, 0.3) is 0 Å². The molecule has 5 heteroatoms. The number of carbonyl (C=O) groups is 2. The smallest absolute Gasteiger partial charge is 0.337 e. The molecule has 2 aliphatic heterocycles. The van der Waals surface area contributed by atoms with E-state index in [1.807, 2.05) is 25.1 Å². The molecule has 4 rings (SSSR count). The molecule has 2 heterocycles. The highest BCUT2D eigenvalue weighted by Crippen LogP contribution is 2.45. The molecule has 1 unspecified atom stereocenters. The van der Waals surface area contributed by atoms with Gasteiger partial charge in [-0.25, -0.2) is 4.79 Å². The first-order valence-electron chi connectivity index (χ1n) is 7.25. The Hall–Kier alpha value is -1.88. The van der Waals surface area contributed by atoms with E-state index in [0.717, 1.165) is 32.6 Å². The molecule has 0 fully saturated rings. The van der Waals surface area contributed by atoms with Gasteiger partial charge in [-0.3, -0.25) is 4.79 Å². The number of benzene rings is 1. The normalized spacial score (nSPS) is 23.5. The minimum atomic E-state index is -0.320. The number of nitrogens with one attached hydrogen (secondary N) is 1. The van der Waals surface area contributed by atoms with Crippen molar-refractivity contribution in [2.24, 2.45) is 0 Å². The number of esters is 1. The Morgan fingerprint density at radius 3 is 2.77 bits per heavy atom. The first kappa shape index (κ1) is 13.8. The van der Waals surface area contributed by atoms with Gasteiger partial charge in [-0.1, -0.05) is 28.1 Å². The number of ketones is 1. The Morgan fingerprint density at radius 1 is 1.18 bits per heavy atom. The lowest BCUT2D eigenvalue weighted by Gasteiger charge is -2.26. The summed E-state index contributed by atoms with van der Waals surface area (Å²) in [6.45, 7) is 2.27. The zero-order valence-corrected chi connectivity index (χ0v) is 13.6. The number of Topliss-reactive ketones (excluding diaryl/α,β-unsaturated/α-hetero) is 1. The molecule has 1 N–H and O–H groups in total. The molecule has 0 saturated carbocycles. The van der Waals surface area contributed by atoms with Crippen LogP contribution >= 0.6 is 15.9 Å². The molecule has 0 amide bonds. The van der Waals surface area contributed by atoms with E-state index in [2.05, 4.69) is 21.2 Å². The number of cyclic esters (lactones) is 1. The molecule has 1 atom stereocenters. The number of allylic oxidation sites excluding steroid dienone is 2. The third kappa shape index (κ3) is 1.88. The summed E-state index contributed by atoms with van der Waals surface area (Å²) in [5.41, 5.74) is 5.14.